The van der Waals surface area contributed by atoms with Gasteiger partial charge < -0.3 is 9.80 Å². The van der Waals surface area contributed by atoms with Gasteiger partial charge in [-0.15, -0.1) is 0 Å². The molecule has 0 aliphatic carbocycles. The predicted molar refractivity (Wildman–Crippen MR) is 105 cm³/mol. The number of hydrogen-bond acceptors (Lipinski definition) is 3. The maximum Gasteiger partial charge on any atom is 0.228 e. The highest BCUT2D eigenvalue weighted by Gasteiger charge is 2.38. The number of carbonyl (C=O) groups is 2. The third-order valence-electron chi connectivity index (χ3n) is 5.61. The molecular weight excluding hydrogens is 376 g/mol. The molecule has 152 valence electrons. The largest absolute Gasteiger partial charge is 0.340 e. The number of piperazine rings is 1. The van der Waals surface area contributed by atoms with Crippen molar-refractivity contribution in [2.75, 3.05) is 37.6 Å². The van der Waals surface area contributed by atoms with E-state index in [-0.39, 0.29) is 30.5 Å². The zero-order valence-corrected chi connectivity index (χ0v) is 16.1. The molecule has 1 atom stereocenters. The van der Waals surface area contributed by atoms with E-state index < -0.39 is 17.6 Å². The fraction of sp³-hybridized carbons (Fsp3) is 0.364. The molecule has 5 nitrogen and oxygen atoms in total. The Morgan fingerprint density at radius 3 is 2.41 bits per heavy atom. The van der Waals surface area contributed by atoms with E-state index in [1.165, 1.54) is 16.5 Å². The number of nitrogens with zero attached hydrogens (tertiary/aromatic N) is 3. The molecule has 7 heteroatoms. The summed E-state index contributed by atoms with van der Waals surface area (Å²) in [5.41, 5.74) is 1.27. The van der Waals surface area contributed by atoms with E-state index in [1.54, 1.807) is 4.90 Å². The fourth-order valence-electron chi connectivity index (χ4n) is 4.03. The average molecular weight is 399 g/mol. The van der Waals surface area contributed by atoms with Crippen LogP contribution in [0.2, 0.25) is 0 Å². The Hall–Kier alpha value is -2.80. The summed E-state index contributed by atoms with van der Waals surface area (Å²) in [6.07, 6.45) is 0.0554. The molecule has 0 aromatic heterocycles. The Bertz CT molecular complexity index is 898. The molecule has 0 bridgehead atoms. The molecule has 2 aliphatic rings. The lowest BCUT2D eigenvalue weighted by Crippen LogP contribution is -2.50. The van der Waals surface area contributed by atoms with Crippen molar-refractivity contribution in [2.24, 2.45) is 5.92 Å². The van der Waals surface area contributed by atoms with Gasteiger partial charge in [-0.3, -0.25) is 14.5 Å². The second-order valence-corrected chi connectivity index (χ2v) is 7.59. The first-order valence-corrected chi connectivity index (χ1v) is 9.82. The molecule has 0 N–H and O–H groups in total. The normalized spacial score (nSPS) is 20.3. The van der Waals surface area contributed by atoms with Gasteiger partial charge >= 0.3 is 0 Å². The molecule has 1 unspecified atom stereocenters. The van der Waals surface area contributed by atoms with Crippen molar-refractivity contribution < 1.29 is 18.4 Å². The van der Waals surface area contributed by atoms with Crippen molar-refractivity contribution in [3.63, 3.8) is 0 Å². The summed E-state index contributed by atoms with van der Waals surface area (Å²) in [7, 11) is 0. The number of carbonyl (C=O) groups excluding carboxylic acids is 2. The number of anilines is 1. The second-order valence-electron chi connectivity index (χ2n) is 7.59. The van der Waals surface area contributed by atoms with E-state index in [9.17, 15) is 18.4 Å². The summed E-state index contributed by atoms with van der Waals surface area (Å²) in [6, 6.07) is 13.3. The first-order chi connectivity index (χ1) is 14.0. The van der Waals surface area contributed by atoms with Crippen LogP contribution in [0.15, 0.2) is 48.5 Å². The topological polar surface area (TPSA) is 43.9 Å². The Labute approximate surface area is 168 Å². The molecule has 2 saturated heterocycles. The van der Waals surface area contributed by atoms with E-state index >= 15 is 0 Å². The Morgan fingerprint density at radius 2 is 1.72 bits per heavy atom. The molecule has 0 saturated carbocycles. The van der Waals surface area contributed by atoms with Gasteiger partial charge in [0.25, 0.3) is 0 Å². The average Bonchev–Trinajstić information content (AvgIpc) is 3.10. The third kappa shape index (κ3) is 4.29. The lowest BCUT2D eigenvalue weighted by atomic mass is 10.1. The van der Waals surface area contributed by atoms with Gasteiger partial charge in [-0.25, -0.2) is 8.78 Å². The third-order valence-corrected chi connectivity index (χ3v) is 5.61. The molecule has 2 amide bonds. The molecule has 2 aromatic rings. The summed E-state index contributed by atoms with van der Waals surface area (Å²) in [5.74, 6) is -2.35. The van der Waals surface area contributed by atoms with Crippen molar-refractivity contribution in [3.05, 3.63) is 65.7 Å². The molecule has 2 fully saturated rings. The van der Waals surface area contributed by atoms with Gasteiger partial charge in [-0.2, -0.15) is 0 Å². The lowest BCUT2D eigenvalue weighted by Gasteiger charge is -2.36. The van der Waals surface area contributed by atoms with Gasteiger partial charge in [0.1, 0.15) is 11.6 Å². The number of halogens is 2. The van der Waals surface area contributed by atoms with Crippen LogP contribution in [0.5, 0.6) is 0 Å². The van der Waals surface area contributed by atoms with Crippen LogP contribution in [-0.4, -0.2) is 54.3 Å². The molecule has 4 rings (SSSR count). The standard InChI is InChI=1S/C22H23F2N3O2/c23-18-6-7-20(19(24)13-18)27-15-17(12-21(27)28)22(29)26-10-8-25(9-11-26)14-16-4-2-1-3-5-16/h1-7,13,17H,8-12,14-15H2. The first-order valence-electron chi connectivity index (χ1n) is 9.82. The minimum absolute atomic E-state index is 0.0272. The minimum atomic E-state index is -0.791. The lowest BCUT2D eigenvalue weighted by molar-refractivity contribution is -0.137. The Balaban J connectivity index is 1.34. The number of benzene rings is 2. The monoisotopic (exact) mass is 399 g/mol. The van der Waals surface area contributed by atoms with E-state index in [0.29, 0.717) is 13.1 Å². The Morgan fingerprint density at radius 1 is 1.00 bits per heavy atom. The second kappa shape index (κ2) is 8.29. The number of hydrogen-bond donors (Lipinski definition) is 0. The van der Waals surface area contributed by atoms with Crippen molar-refractivity contribution >= 4 is 17.5 Å². The molecule has 0 spiro atoms. The molecule has 0 radical (unpaired) electrons. The zero-order chi connectivity index (χ0) is 20.4. The van der Waals surface area contributed by atoms with Crippen LogP contribution in [0.1, 0.15) is 12.0 Å². The fourth-order valence-corrected chi connectivity index (χ4v) is 4.03. The van der Waals surface area contributed by atoms with Gasteiger partial charge in [0.2, 0.25) is 11.8 Å². The van der Waals surface area contributed by atoms with Gasteiger partial charge in [0.15, 0.2) is 0 Å². The van der Waals surface area contributed by atoms with E-state index in [4.69, 9.17) is 0 Å². The minimum Gasteiger partial charge on any atom is -0.340 e. The van der Waals surface area contributed by atoms with Crippen molar-refractivity contribution in [3.8, 4) is 0 Å². The van der Waals surface area contributed by atoms with Crippen molar-refractivity contribution in [1.29, 1.82) is 0 Å². The van der Waals surface area contributed by atoms with Crippen LogP contribution in [0, 0.1) is 17.6 Å². The first kappa shape index (κ1) is 19.5. The van der Waals surface area contributed by atoms with Gasteiger partial charge in [-0.1, -0.05) is 30.3 Å². The van der Waals surface area contributed by atoms with Crippen LogP contribution >= 0.6 is 0 Å². The van der Waals surface area contributed by atoms with Crippen molar-refractivity contribution in [2.45, 2.75) is 13.0 Å². The predicted octanol–water partition coefficient (Wildman–Crippen LogP) is 2.66. The van der Waals surface area contributed by atoms with Crippen LogP contribution < -0.4 is 4.90 Å². The van der Waals surface area contributed by atoms with Gasteiger partial charge in [0, 0.05) is 51.8 Å². The van der Waals surface area contributed by atoms with E-state index in [2.05, 4.69) is 17.0 Å². The highest BCUT2D eigenvalue weighted by atomic mass is 19.1. The number of amides is 2. The SMILES string of the molecule is O=C(C1CC(=O)N(c2ccc(F)cc2F)C1)N1CCN(Cc2ccccc2)CC1. The molecule has 2 aromatic carbocycles. The summed E-state index contributed by atoms with van der Waals surface area (Å²) >= 11 is 0. The summed E-state index contributed by atoms with van der Waals surface area (Å²) in [6.45, 7) is 3.75. The van der Waals surface area contributed by atoms with E-state index in [0.717, 1.165) is 31.8 Å². The molecule has 29 heavy (non-hydrogen) atoms. The molecular formula is C22H23F2N3O2. The van der Waals surface area contributed by atoms with Crippen LogP contribution in [0.25, 0.3) is 0 Å². The smallest absolute Gasteiger partial charge is 0.228 e. The summed E-state index contributed by atoms with van der Waals surface area (Å²) in [4.78, 5) is 30.6. The maximum atomic E-state index is 14.0. The molecule has 2 heterocycles. The zero-order valence-electron chi connectivity index (χ0n) is 16.1. The molecule has 2 aliphatic heterocycles. The van der Waals surface area contributed by atoms with Gasteiger partial charge in [-0.05, 0) is 17.7 Å². The van der Waals surface area contributed by atoms with Gasteiger partial charge in [0.05, 0.1) is 11.6 Å². The highest BCUT2D eigenvalue weighted by molar-refractivity contribution is 6.00. The number of rotatable bonds is 4. The van der Waals surface area contributed by atoms with Crippen LogP contribution in [-0.2, 0) is 16.1 Å². The van der Waals surface area contributed by atoms with Crippen LogP contribution in [0.4, 0.5) is 14.5 Å². The summed E-state index contributed by atoms with van der Waals surface area (Å²) < 4.78 is 27.2. The van der Waals surface area contributed by atoms with Crippen molar-refractivity contribution in [1.82, 2.24) is 9.80 Å². The van der Waals surface area contributed by atoms with Crippen LogP contribution in [0.3, 0.4) is 0 Å². The summed E-state index contributed by atoms with van der Waals surface area (Å²) in [5, 5.41) is 0. The quantitative estimate of drug-likeness (QED) is 0.794. The Kier molecular flexibility index (Phi) is 5.58. The van der Waals surface area contributed by atoms with E-state index in [1.807, 2.05) is 18.2 Å². The highest BCUT2D eigenvalue weighted by Crippen LogP contribution is 2.29. The maximum absolute atomic E-state index is 14.0.